The quantitative estimate of drug-likeness (QED) is 0.337. The third-order valence-electron chi connectivity index (χ3n) is 8.78. The molecule has 1 aliphatic heterocycles. The Kier molecular flexibility index (Phi) is 6.21. The molecule has 0 radical (unpaired) electrons. The molecule has 4 unspecified atom stereocenters. The van der Waals surface area contributed by atoms with Gasteiger partial charge in [-0.1, -0.05) is 35.9 Å². The molecule has 2 amide bonds. The number of para-hydroxylation sites is 1. The second-order valence-electron chi connectivity index (χ2n) is 10.9. The Hall–Kier alpha value is -4.46. The maximum atomic E-state index is 13.9. The second-order valence-corrected chi connectivity index (χ2v) is 10.9. The minimum absolute atomic E-state index is 0.124. The summed E-state index contributed by atoms with van der Waals surface area (Å²) in [7, 11) is 1.44. The Morgan fingerprint density at radius 1 is 0.975 bits per heavy atom. The highest BCUT2D eigenvalue weighted by atomic mass is 16.5. The zero-order valence-electron chi connectivity index (χ0n) is 22.2. The summed E-state index contributed by atoms with van der Waals surface area (Å²) >= 11 is 0. The van der Waals surface area contributed by atoms with Gasteiger partial charge in [-0.3, -0.25) is 24.1 Å². The van der Waals surface area contributed by atoms with Crippen LogP contribution in [0.1, 0.15) is 36.8 Å². The van der Waals surface area contributed by atoms with Crippen LogP contribution in [0.3, 0.4) is 0 Å². The summed E-state index contributed by atoms with van der Waals surface area (Å²) in [6.07, 6.45) is 4.24. The van der Waals surface area contributed by atoms with Crippen molar-refractivity contribution in [2.45, 2.75) is 32.1 Å². The Morgan fingerprint density at radius 2 is 1.73 bits per heavy atom. The molecule has 0 spiro atoms. The number of ketones is 2. The number of fused-ring (bicyclic) bond motifs is 3. The molecule has 6 rings (SSSR count). The van der Waals surface area contributed by atoms with Crippen LogP contribution in [0.4, 0.5) is 0 Å². The molecule has 3 aliphatic carbocycles. The molecule has 40 heavy (non-hydrogen) atoms. The van der Waals surface area contributed by atoms with Crippen molar-refractivity contribution in [1.29, 1.82) is 0 Å². The fourth-order valence-corrected chi connectivity index (χ4v) is 6.86. The molecule has 204 valence electrons. The number of carbonyl (C=O) groups is 4. The van der Waals surface area contributed by atoms with Gasteiger partial charge in [-0.25, -0.2) is 0 Å². The van der Waals surface area contributed by atoms with Crippen LogP contribution in [-0.4, -0.2) is 52.1 Å². The molecule has 4 aliphatic rings. The number of rotatable bonds is 5. The van der Waals surface area contributed by atoms with E-state index in [9.17, 15) is 29.4 Å². The molecule has 2 aromatic carbocycles. The number of likely N-dealkylation sites (tertiary alicyclic amines) is 1. The number of Topliss-reactive ketones (excluding diaryl/α,β-unsaturated/α-hetero) is 1. The zero-order chi connectivity index (χ0) is 28.3. The number of methoxy groups -OCH3 is 1. The third-order valence-corrected chi connectivity index (χ3v) is 8.78. The van der Waals surface area contributed by atoms with Crippen LogP contribution < -0.4 is 4.74 Å². The first-order chi connectivity index (χ1) is 19.2. The number of ether oxygens (including phenoxy) is 1. The number of benzene rings is 2. The van der Waals surface area contributed by atoms with E-state index in [1.807, 2.05) is 6.08 Å². The molecule has 1 saturated heterocycles. The predicted molar refractivity (Wildman–Crippen MR) is 145 cm³/mol. The monoisotopic (exact) mass is 539 g/mol. The number of amides is 2. The molecule has 2 N–H and O–H groups in total. The summed E-state index contributed by atoms with van der Waals surface area (Å²) < 4.78 is 5.33. The Bertz CT molecular complexity index is 1560. The number of hydrogen-bond acceptors (Lipinski definition) is 7. The summed E-state index contributed by atoms with van der Waals surface area (Å²) in [5.74, 6) is -3.19. The van der Waals surface area contributed by atoms with Crippen molar-refractivity contribution in [1.82, 2.24) is 4.90 Å². The van der Waals surface area contributed by atoms with Crippen molar-refractivity contribution in [3.8, 4) is 17.2 Å². The highest BCUT2D eigenvalue weighted by Gasteiger charge is 2.56. The average molecular weight is 540 g/mol. The van der Waals surface area contributed by atoms with Gasteiger partial charge in [0.05, 0.1) is 18.9 Å². The maximum absolute atomic E-state index is 13.9. The Labute approximate surface area is 231 Å². The summed E-state index contributed by atoms with van der Waals surface area (Å²) in [5.41, 5.74) is 3.10. The normalized spacial score (nSPS) is 25.8. The first-order valence-corrected chi connectivity index (χ1v) is 13.4. The maximum Gasteiger partial charge on any atom is 0.233 e. The SMILES string of the molecule is COc1cccc(C2C3=CCC4C(=O)N(CCc5ccc(O)cc5)C(=O)C4C3CC3=C2C(=O)C=C(C)C3=O)c1O. The van der Waals surface area contributed by atoms with Gasteiger partial charge in [-0.2, -0.15) is 0 Å². The van der Waals surface area contributed by atoms with Gasteiger partial charge in [-0.05, 0) is 61.9 Å². The molecule has 4 atom stereocenters. The van der Waals surface area contributed by atoms with E-state index in [2.05, 4.69) is 0 Å². The molecule has 8 nitrogen and oxygen atoms in total. The van der Waals surface area contributed by atoms with Gasteiger partial charge in [0.25, 0.3) is 0 Å². The standard InChI is InChI=1S/C32H29NO7/c1-16-14-24(35)28-23(29(16)36)15-22-19(26(28)20-4-3-5-25(40-2)30(20)37)10-11-21-27(22)32(39)33(31(21)38)13-12-17-6-8-18(34)9-7-17/h3-10,14,21-22,26-27,34,37H,11-13,15H2,1-2H3. The van der Waals surface area contributed by atoms with Gasteiger partial charge in [0, 0.05) is 34.7 Å². The summed E-state index contributed by atoms with van der Waals surface area (Å²) in [6.45, 7) is 1.82. The van der Waals surface area contributed by atoms with Crippen molar-refractivity contribution in [2.24, 2.45) is 17.8 Å². The van der Waals surface area contributed by atoms with Crippen molar-refractivity contribution < 1.29 is 34.1 Å². The molecule has 1 heterocycles. The summed E-state index contributed by atoms with van der Waals surface area (Å²) in [6, 6.07) is 11.7. The zero-order valence-corrected chi connectivity index (χ0v) is 22.2. The minimum atomic E-state index is -0.737. The fourth-order valence-electron chi connectivity index (χ4n) is 6.86. The van der Waals surface area contributed by atoms with Gasteiger partial charge >= 0.3 is 0 Å². The van der Waals surface area contributed by atoms with Crippen molar-refractivity contribution in [2.75, 3.05) is 13.7 Å². The number of aromatic hydroxyl groups is 2. The lowest BCUT2D eigenvalue weighted by atomic mass is 9.59. The van der Waals surface area contributed by atoms with Crippen LogP contribution in [-0.2, 0) is 25.6 Å². The summed E-state index contributed by atoms with van der Waals surface area (Å²) in [4.78, 5) is 55.4. The number of phenols is 2. The number of hydrogen-bond donors (Lipinski definition) is 2. The number of nitrogens with zero attached hydrogens (tertiary/aromatic N) is 1. The van der Waals surface area contributed by atoms with E-state index in [0.717, 1.165) is 11.1 Å². The van der Waals surface area contributed by atoms with E-state index in [1.54, 1.807) is 49.4 Å². The van der Waals surface area contributed by atoms with Gasteiger partial charge in [0.1, 0.15) is 5.75 Å². The first kappa shape index (κ1) is 25.8. The van der Waals surface area contributed by atoms with E-state index in [0.29, 0.717) is 35.1 Å². The van der Waals surface area contributed by atoms with E-state index >= 15 is 0 Å². The van der Waals surface area contributed by atoms with Crippen LogP contribution in [0.15, 0.2) is 76.9 Å². The predicted octanol–water partition coefficient (Wildman–Crippen LogP) is 3.78. The largest absolute Gasteiger partial charge is 0.508 e. The smallest absolute Gasteiger partial charge is 0.233 e. The topological polar surface area (TPSA) is 121 Å². The van der Waals surface area contributed by atoms with Gasteiger partial charge in [0.15, 0.2) is 23.1 Å². The van der Waals surface area contributed by atoms with Crippen LogP contribution >= 0.6 is 0 Å². The van der Waals surface area contributed by atoms with E-state index in [1.165, 1.54) is 18.1 Å². The molecule has 8 heteroatoms. The molecule has 2 aromatic rings. The number of carbonyl (C=O) groups excluding carboxylic acids is 4. The average Bonchev–Trinajstić information content (AvgIpc) is 3.19. The first-order valence-electron chi connectivity index (χ1n) is 13.4. The minimum Gasteiger partial charge on any atom is -0.508 e. The van der Waals surface area contributed by atoms with Crippen molar-refractivity contribution >= 4 is 23.4 Å². The number of imide groups is 1. The molecule has 0 saturated carbocycles. The van der Waals surface area contributed by atoms with Crippen molar-refractivity contribution in [3.63, 3.8) is 0 Å². The molecule has 1 fully saturated rings. The van der Waals surface area contributed by atoms with Crippen LogP contribution in [0, 0.1) is 17.8 Å². The van der Waals surface area contributed by atoms with Crippen LogP contribution in [0.2, 0.25) is 0 Å². The lowest BCUT2D eigenvalue weighted by Crippen LogP contribution is -2.40. The Morgan fingerprint density at radius 3 is 2.45 bits per heavy atom. The number of phenolic OH excluding ortho intramolecular Hbond substituents is 2. The van der Waals surface area contributed by atoms with E-state index in [4.69, 9.17) is 4.74 Å². The van der Waals surface area contributed by atoms with Crippen LogP contribution in [0.5, 0.6) is 17.2 Å². The van der Waals surface area contributed by atoms with Crippen molar-refractivity contribution in [3.05, 3.63) is 88.0 Å². The molecule has 0 aromatic heterocycles. The molecular weight excluding hydrogens is 510 g/mol. The lowest BCUT2D eigenvalue weighted by Gasteiger charge is -2.42. The third kappa shape index (κ3) is 3.89. The van der Waals surface area contributed by atoms with E-state index in [-0.39, 0.29) is 53.6 Å². The summed E-state index contributed by atoms with van der Waals surface area (Å²) in [5, 5.41) is 20.7. The number of allylic oxidation sites excluding steroid dienone is 6. The second kappa shape index (κ2) is 9.62. The molecule has 0 bridgehead atoms. The molecular formula is C32H29NO7. The fraction of sp³-hybridized carbons (Fsp3) is 0.312. The Balaban J connectivity index is 1.40. The highest BCUT2D eigenvalue weighted by molar-refractivity contribution is 6.23. The van der Waals surface area contributed by atoms with E-state index < -0.39 is 23.7 Å². The van der Waals surface area contributed by atoms with Gasteiger partial charge in [0.2, 0.25) is 11.8 Å². The van der Waals surface area contributed by atoms with Crippen LogP contribution in [0.25, 0.3) is 0 Å². The highest BCUT2D eigenvalue weighted by Crippen LogP contribution is 2.56. The van der Waals surface area contributed by atoms with Gasteiger partial charge in [-0.15, -0.1) is 0 Å². The van der Waals surface area contributed by atoms with Gasteiger partial charge < -0.3 is 14.9 Å². The lowest BCUT2D eigenvalue weighted by molar-refractivity contribution is -0.140.